The molecule has 108 heavy (non-hydrogen) atoms. The van der Waals surface area contributed by atoms with E-state index >= 15 is 0 Å². The van der Waals surface area contributed by atoms with Crippen LogP contribution in [0, 0.1) is 0 Å². The fourth-order valence-corrected chi connectivity index (χ4v) is 15.1. The molecule has 28 nitrogen and oxygen atoms in total. The van der Waals surface area contributed by atoms with Crippen LogP contribution in [-0.4, -0.2) is 350 Å². The van der Waals surface area contributed by atoms with E-state index in [4.69, 9.17) is 114 Å². The van der Waals surface area contributed by atoms with Crippen molar-refractivity contribution >= 4 is 0 Å². The fraction of sp³-hybridized carbons (Fsp3) is 1.00. The summed E-state index contributed by atoms with van der Waals surface area (Å²) in [5, 5.41) is 0. The average Bonchev–Trinajstić information content (AvgIpc) is 1.91. The summed E-state index contributed by atoms with van der Waals surface area (Å²) < 4.78 is 150. The smallest absolute Gasteiger partial charge is 0.163 e. The number of ether oxygens (including phenoxy) is 24. The molecule has 0 N–H and O–H groups in total. The van der Waals surface area contributed by atoms with E-state index in [1.807, 2.05) is 111 Å². The molecule has 6 unspecified atom stereocenters. The molecule has 9 aliphatic heterocycles. The van der Waals surface area contributed by atoms with Crippen LogP contribution in [0.25, 0.3) is 0 Å². The average molecular weight is 1550 g/mol. The monoisotopic (exact) mass is 1550 g/mol. The first-order valence-electron chi connectivity index (χ1n) is 41.5. The van der Waals surface area contributed by atoms with Crippen LogP contribution in [0.1, 0.15) is 188 Å². The zero-order chi connectivity index (χ0) is 77.3. The van der Waals surface area contributed by atoms with E-state index in [2.05, 4.69) is 19.6 Å². The van der Waals surface area contributed by atoms with Gasteiger partial charge >= 0.3 is 0 Å². The summed E-state index contributed by atoms with van der Waals surface area (Å²) in [6, 6.07) is 0. The maximum atomic E-state index is 6.83. The lowest BCUT2D eigenvalue weighted by atomic mass is 10.2. The van der Waals surface area contributed by atoms with Crippen LogP contribution in [0.2, 0.25) is 0 Å². The molecule has 0 aromatic rings. The minimum atomic E-state index is -0.614. The van der Waals surface area contributed by atoms with Gasteiger partial charge in [-0.3, -0.25) is 0 Å². The normalized spacial score (nSPS) is 30.7. The third kappa shape index (κ3) is 35.4. The maximum absolute atomic E-state index is 6.83. The van der Waals surface area contributed by atoms with Crippen molar-refractivity contribution in [3.05, 3.63) is 0 Å². The number of hydrogen-bond acceptors (Lipinski definition) is 28. The van der Waals surface area contributed by atoms with Gasteiger partial charge < -0.3 is 133 Å². The quantitative estimate of drug-likeness (QED) is 0.0518. The van der Waals surface area contributed by atoms with Crippen molar-refractivity contribution in [2.24, 2.45) is 0 Å². The lowest BCUT2D eigenvalue weighted by Crippen LogP contribution is -2.48. The Morgan fingerprint density at radius 3 is 0.519 bits per heavy atom. The Labute approximate surface area is 648 Å². The van der Waals surface area contributed by atoms with Crippen LogP contribution in [0.15, 0.2) is 0 Å². The second-order valence-corrected chi connectivity index (χ2v) is 34.7. The van der Waals surface area contributed by atoms with Crippen molar-refractivity contribution in [1.82, 2.24) is 19.6 Å². The molecule has 9 aliphatic rings. The van der Waals surface area contributed by atoms with Gasteiger partial charge in [-0.05, 0) is 188 Å². The molecule has 0 bridgehead atoms. The van der Waals surface area contributed by atoms with Crippen LogP contribution in [-0.2, 0) is 114 Å². The second kappa shape index (κ2) is 43.9. The molecule has 9 fully saturated rings. The number of rotatable bonds is 48. The van der Waals surface area contributed by atoms with Crippen molar-refractivity contribution < 1.29 is 114 Å². The summed E-state index contributed by atoms with van der Waals surface area (Å²) in [6.07, 6.45) is 8.06. The molecule has 12 atom stereocenters. The fourth-order valence-electron chi connectivity index (χ4n) is 15.1. The Morgan fingerprint density at radius 2 is 0.380 bits per heavy atom. The highest BCUT2D eigenvalue weighted by Gasteiger charge is 2.40. The first kappa shape index (κ1) is 90.8. The summed E-state index contributed by atoms with van der Waals surface area (Å²) in [4.78, 5) is 10.6. The van der Waals surface area contributed by atoms with Gasteiger partial charge in [0.2, 0.25) is 0 Å². The van der Waals surface area contributed by atoms with Crippen molar-refractivity contribution in [1.29, 1.82) is 0 Å². The van der Waals surface area contributed by atoms with Crippen LogP contribution in [0.3, 0.4) is 0 Å². The molecule has 9 heterocycles. The molecule has 9 saturated heterocycles. The Balaban J connectivity index is 0.934. The third-order valence-electron chi connectivity index (χ3n) is 21.3. The minimum absolute atomic E-state index is 0.0199. The summed E-state index contributed by atoms with van der Waals surface area (Å²) in [5.74, 6) is -4.84. The highest BCUT2D eigenvalue weighted by atomic mass is 16.8. The molecule has 632 valence electrons. The largest absolute Gasteiger partial charge is 0.379 e. The summed E-state index contributed by atoms with van der Waals surface area (Å²) in [6.45, 7) is 51.8. The number of hydrogen-bond donors (Lipinski definition) is 0. The minimum Gasteiger partial charge on any atom is -0.379 e. The first-order valence-corrected chi connectivity index (χ1v) is 41.5. The summed E-state index contributed by atoms with van der Waals surface area (Å²) in [7, 11) is 0. The topological polar surface area (TPSA) is 234 Å². The third-order valence-corrected chi connectivity index (χ3v) is 21.3. The summed E-state index contributed by atoms with van der Waals surface area (Å²) >= 11 is 0. The van der Waals surface area contributed by atoms with Crippen molar-refractivity contribution in [2.75, 3.05) is 211 Å². The Morgan fingerprint density at radius 1 is 0.231 bits per heavy atom. The van der Waals surface area contributed by atoms with Crippen molar-refractivity contribution in [3.63, 3.8) is 0 Å². The van der Waals surface area contributed by atoms with Gasteiger partial charge in [0.15, 0.2) is 46.3 Å². The molecule has 0 aromatic carbocycles. The predicted octanol–water partition coefficient (Wildman–Crippen LogP) is 8.71. The van der Waals surface area contributed by atoms with Crippen LogP contribution in [0.5, 0.6) is 0 Å². The molecule has 28 heteroatoms. The van der Waals surface area contributed by atoms with Crippen molar-refractivity contribution in [2.45, 2.75) is 307 Å². The van der Waals surface area contributed by atoms with E-state index < -0.39 is 46.3 Å². The van der Waals surface area contributed by atoms with E-state index in [0.717, 1.165) is 156 Å². The Bertz CT molecular complexity index is 2140. The van der Waals surface area contributed by atoms with Crippen molar-refractivity contribution in [3.8, 4) is 0 Å². The zero-order valence-corrected chi connectivity index (χ0v) is 69.6. The Kier molecular flexibility index (Phi) is 36.9. The molecule has 0 saturated carbocycles. The highest BCUT2D eigenvalue weighted by Crippen LogP contribution is 2.32. The van der Waals surface area contributed by atoms with Gasteiger partial charge in [-0.15, -0.1) is 0 Å². The van der Waals surface area contributed by atoms with E-state index in [1.54, 1.807) is 0 Å². The van der Waals surface area contributed by atoms with Crippen LogP contribution in [0.4, 0.5) is 0 Å². The Hall–Kier alpha value is -1.12. The predicted molar refractivity (Wildman–Crippen MR) is 403 cm³/mol. The second-order valence-electron chi connectivity index (χ2n) is 34.7. The van der Waals surface area contributed by atoms with Gasteiger partial charge in [-0.2, -0.15) is 0 Å². The zero-order valence-electron chi connectivity index (χ0n) is 69.6. The number of nitrogens with zero attached hydrogens (tertiary/aromatic N) is 4. The molecule has 9 rings (SSSR count). The van der Waals surface area contributed by atoms with Crippen LogP contribution < -0.4 is 0 Å². The van der Waals surface area contributed by atoms with Gasteiger partial charge in [0.25, 0.3) is 0 Å². The molecule has 0 radical (unpaired) electrons. The molecule has 0 spiro atoms. The van der Waals surface area contributed by atoms with Gasteiger partial charge in [-0.25, -0.2) is 0 Å². The van der Waals surface area contributed by atoms with Gasteiger partial charge in [0.1, 0.15) is 0 Å². The SMILES string of the molecule is CC1(C)OCC(CCOC[C@@H](CCN2CCN(CC[C@H](COCCC3COC(C)(C)O3)OCCC3COC(C)(C)O3)CCN(CC[C@H](COCC[C@@H]3COC(C)(C)O3)OCC[C@@H]3COC(C)(C)O3)CCN(CC[C@H](COCCC3COC(C)(C)O3)OCCC3COC(C)(C)O3)CC2)OCCC2COC(C)(C)O2)O1. The van der Waals surface area contributed by atoms with Gasteiger partial charge in [-0.1, -0.05) is 0 Å². The molecule has 0 amide bonds. The molecular formula is C80H148N4O24. The van der Waals surface area contributed by atoms with E-state index in [-0.39, 0.29) is 73.2 Å². The van der Waals surface area contributed by atoms with Gasteiger partial charge in [0, 0.05) is 131 Å². The lowest BCUT2D eigenvalue weighted by Gasteiger charge is -2.36. The van der Waals surface area contributed by atoms with Crippen LogP contribution >= 0.6 is 0 Å². The molecule has 0 aromatic heterocycles. The first-order chi connectivity index (χ1) is 51.3. The van der Waals surface area contributed by atoms with E-state index in [1.165, 1.54) is 0 Å². The molecular weight excluding hydrogens is 1400 g/mol. The van der Waals surface area contributed by atoms with Gasteiger partial charge in [0.05, 0.1) is 153 Å². The maximum Gasteiger partial charge on any atom is 0.163 e. The lowest BCUT2D eigenvalue weighted by molar-refractivity contribution is -0.143. The summed E-state index contributed by atoms with van der Waals surface area (Å²) in [5.41, 5.74) is 0. The highest BCUT2D eigenvalue weighted by molar-refractivity contribution is 4.82. The molecule has 0 aliphatic carbocycles. The standard InChI is InChI=1S/C80H148N4O24/c1-73(2)93-53-65(101-73)21-41-85-49-61(89-45-25-69-57-97-77(9,10)105-69)17-29-81-33-35-82(30-18-62(90-46-26-70-58-98-78(11,12)106-70)50-86-42-22-66-54-94-74(3,4)102-66)37-39-84(32-20-64(92-48-28-72-60-100-80(15,16)108-72)52-88-44-24-68-56-96-76(7,8)104-68)40-38-83(36-34-81)31-19-63(91-47-27-71-59-99-79(13,14)107-71)51-87-43-23-67-55-95-75(5,6)103-67/h61-72H,17-60H2,1-16H3/t61-,62-,63-,64-,65-,66?,67?,68?,69-,70?,71?,72?/m1/s1. The van der Waals surface area contributed by atoms with E-state index in [0.29, 0.717) is 132 Å². The van der Waals surface area contributed by atoms with E-state index in [9.17, 15) is 0 Å².